The van der Waals surface area contributed by atoms with E-state index in [0.29, 0.717) is 17.9 Å². The Bertz CT molecular complexity index is 424. The van der Waals surface area contributed by atoms with Crippen LogP contribution in [0.15, 0.2) is 18.2 Å². The van der Waals surface area contributed by atoms with E-state index in [-0.39, 0.29) is 11.4 Å². The Hall–Kier alpha value is -0.950. The fraction of sp³-hybridized carbons (Fsp3) is 0.538. The Balaban J connectivity index is 2.53. The van der Waals surface area contributed by atoms with Crippen molar-refractivity contribution in [1.82, 2.24) is 0 Å². The first-order valence-electron chi connectivity index (χ1n) is 5.88. The Morgan fingerprint density at radius 1 is 1.15 bits per heavy atom. The molecular weight excluding hydrogens is 341 g/mol. The zero-order valence-electron chi connectivity index (χ0n) is 11.2. The van der Waals surface area contributed by atoms with Crippen LogP contribution in [-0.2, 0) is 4.74 Å². The summed E-state index contributed by atoms with van der Waals surface area (Å²) in [5, 5.41) is 0. The smallest absolute Gasteiger partial charge is 0.411 e. The number of benzene rings is 1. The van der Waals surface area contributed by atoms with Crippen LogP contribution in [0.5, 0.6) is 11.5 Å². The van der Waals surface area contributed by atoms with Gasteiger partial charge in [0.15, 0.2) is 11.5 Å². The average Bonchev–Trinajstić information content (AvgIpc) is 2.41. The second kappa shape index (κ2) is 7.73. The van der Waals surface area contributed by atoms with Gasteiger partial charge in [0.25, 0.3) is 0 Å². The van der Waals surface area contributed by atoms with Gasteiger partial charge in [0.05, 0.1) is 14.2 Å². The van der Waals surface area contributed by atoms with Crippen LogP contribution in [0.2, 0.25) is 0 Å². The lowest BCUT2D eigenvalue weighted by atomic mass is 10.1. The van der Waals surface area contributed by atoms with Gasteiger partial charge in [-0.1, -0.05) is 22.0 Å². The highest BCUT2D eigenvalue weighted by molar-refractivity contribution is 9.09. The van der Waals surface area contributed by atoms with Gasteiger partial charge in [-0.15, -0.1) is 0 Å². The largest absolute Gasteiger partial charge is 0.493 e. The highest BCUT2D eigenvalue weighted by Gasteiger charge is 2.27. The van der Waals surface area contributed by atoms with E-state index in [0.717, 1.165) is 5.56 Å². The molecule has 20 heavy (non-hydrogen) atoms. The van der Waals surface area contributed by atoms with Crippen molar-refractivity contribution in [3.8, 4) is 11.5 Å². The van der Waals surface area contributed by atoms with E-state index in [4.69, 9.17) is 9.47 Å². The van der Waals surface area contributed by atoms with Crippen molar-refractivity contribution in [2.75, 3.05) is 27.4 Å². The molecule has 0 N–H and O–H groups in total. The molecule has 0 aliphatic rings. The van der Waals surface area contributed by atoms with Gasteiger partial charge in [-0.3, -0.25) is 0 Å². The fourth-order valence-corrected chi connectivity index (χ4v) is 2.06. The number of ether oxygens (including phenoxy) is 3. The van der Waals surface area contributed by atoms with Crippen LogP contribution in [0.25, 0.3) is 0 Å². The van der Waals surface area contributed by atoms with Gasteiger partial charge in [0.1, 0.15) is 6.61 Å². The van der Waals surface area contributed by atoms with Crippen LogP contribution in [-0.4, -0.2) is 33.6 Å². The monoisotopic (exact) mass is 356 g/mol. The molecule has 3 nitrogen and oxygen atoms in total. The summed E-state index contributed by atoms with van der Waals surface area (Å²) in [7, 11) is 3.06. The van der Waals surface area contributed by atoms with Crippen molar-refractivity contribution >= 4 is 15.9 Å². The normalized spacial score (nSPS) is 13.1. The predicted molar refractivity (Wildman–Crippen MR) is 72.7 cm³/mol. The second-order valence-corrected chi connectivity index (χ2v) is 5.14. The van der Waals surface area contributed by atoms with Crippen molar-refractivity contribution < 1.29 is 27.4 Å². The minimum absolute atomic E-state index is 0.0176. The molecule has 0 aliphatic heterocycles. The average molecular weight is 357 g/mol. The first kappa shape index (κ1) is 17.1. The van der Waals surface area contributed by atoms with Crippen LogP contribution in [0.3, 0.4) is 0 Å². The number of methoxy groups -OCH3 is 2. The van der Waals surface area contributed by atoms with Crippen LogP contribution >= 0.6 is 15.9 Å². The van der Waals surface area contributed by atoms with E-state index in [1.165, 1.54) is 14.2 Å². The van der Waals surface area contributed by atoms with Gasteiger partial charge < -0.3 is 14.2 Å². The molecule has 7 heteroatoms. The third-order valence-electron chi connectivity index (χ3n) is 2.55. The van der Waals surface area contributed by atoms with E-state index in [9.17, 15) is 13.2 Å². The van der Waals surface area contributed by atoms with E-state index in [2.05, 4.69) is 20.7 Å². The molecule has 1 rings (SSSR count). The molecule has 114 valence electrons. The summed E-state index contributed by atoms with van der Waals surface area (Å²) >= 11 is 3.42. The molecule has 1 atom stereocenters. The Morgan fingerprint density at radius 3 is 2.35 bits per heavy atom. The van der Waals surface area contributed by atoms with Gasteiger partial charge in [-0.25, -0.2) is 0 Å². The molecule has 0 saturated carbocycles. The molecule has 0 aromatic heterocycles. The molecule has 0 spiro atoms. The number of hydrogen-bond acceptors (Lipinski definition) is 3. The minimum Gasteiger partial charge on any atom is -0.493 e. The fourth-order valence-electron chi connectivity index (χ4n) is 1.59. The standard InChI is InChI=1S/C13H16BrF3O3/c1-18-11-4-3-9(7-12(11)19-2)10(14)5-6-20-8-13(15,16)17/h3-4,7,10H,5-6,8H2,1-2H3. The van der Waals surface area contributed by atoms with Crippen molar-refractivity contribution in [2.24, 2.45) is 0 Å². The second-order valence-electron chi connectivity index (χ2n) is 4.04. The Morgan fingerprint density at radius 2 is 1.80 bits per heavy atom. The summed E-state index contributed by atoms with van der Waals surface area (Å²) in [6.07, 6.45) is -3.86. The number of rotatable bonds is 7. The summed E-state index contributed by atoms with van der Waals surface area (Å²) in [5.74, 6) is 1.18. The first-order chi connectivity index (χ1) is 9.37. The van der Waals surface area contributed by atoms with Gasteiger partial charge in [0.2, 0.25) is 0 Å². The van der Waals surface area contributed by atoms with Gasteiger partial charge in [0, 0.05) is 11.4 Å². The highest BCUT2D eigenvalue weighted by atomic mass is 79.9. The number of hydrogen-bond donors (Lipinski definition) is 0. The molecule has 0 fully saturated rings. The Kier molecular flexibility index (Phi) is 6.61. The first-order valence-corrected chi connectivity index (χ1v) is 6.79. The summed E-state index contributed by atoms with van der Waals surface area (Å²) in [6, 6.07) is 5.35. The van der Waals surface area contributed by atoms with Crippen LogP contribution < -0.4 is 9.47 Å². The summed E-state index contributed by atoms with van der Waals surface area (Å²) in [6.45, 7) is -1.21. The molecule has 1 aromatic carbocycles. The number of alkyl halides is 4. The molecule has 0 aliphatic carbocycles. The van der Waals surface area contributed by atoms with Crippen molar-refractivity contribution in [2.45, 2.75) is 17.4 Å². The Labute approximate surface area is 124 Å². The number of halogens is 4. The topological polar surface area (TPSA) is 27.7 Å². The van der Waals surface area contributed by atoms with E-state index < -0.39 is 12.8 Å². The SMILES string of the molecule is COc1ccc(C(Br)CCOCC(F)(F)F)cc1OC. The molecule has 0 heterocycles. The van der Waals surface area contributed by atoms with Crippen molar-refractivity contribution in [1.29, 1.82) is 0 Å². The molecule has 1 aromatic rings. The lowest BCUT2D eigenvalue weighted by molar-refractivity contribution is -0.174. The maximum absolute atomic E-state index is 11.9. The van der Waals surface area contributed by atoms with E-state index in [1.807, 2.05) is 6.07 Å². The molecule has 0 amide bonds. The zero-order valence-corrected chi connectivity index (χ0v) is 12.8. The van der Waals surface area contributed by atoms with Crippen LogP contribution in [0.4, 0.5) is 13.2 Å². The quantitative estimate of drug-likeness (QED) is 0.543. The summed E-state index contributed by atoms with van der Waals surface area (Å²) in [5.41, 5.74) is 0.887. The summed E-state index contributed by atoms with van der Waals surface area (Å²) in [4.78, 5) is -0.115. The lowest BCUT2D eigenvalue weighted by Gasteiger charge is -2.14. The van der Waals surface area contributed by atoms with Crippen molar-refractivity contribution in [3.63, 3.8) is 0 Å². The minimum atomic E-state index is -4.29. The molecule has 1 unspecified atom stereocenters. The molecule has 0 radical (unpaired) electrons. The maximum Gasteiger partial charge on any atom is 0.411 e. The molecular formula is C13H16BrF3O3. The molecule has 0 bridgehead atoms. The van der Waals surface area contributed by atoms with E-state index in [1.54, 1.807) is 12.1 Å². The van der Waals surface area contributed by atoms with Crippen molar-refractivity contribution in [3.05, 3.63) is 23.8 Å². The van der Waals surface area contributed by atoms with Gasteiger partial charge >= 0.3 is 6.18 Å². The lowest BCUT2D eigenvalue weighted by Crippen LogP contribution is -2.17. The van der Waals surface area contributed by atoms with Crippen LogP contribution in [0.1, 0.15) is 16.8 Å². The third-order valence-corrected chi connectivity index (χ3v) is 3.54. The van der Waals surface area contributed by atoms with Gasteiger partial charge in [-0.05, 0) is 24.1 Å². The molecule has 0 saturated heterocycles. The highest BCUT2D eigenvalue weighted by Crippen LogP contribution is 2.34. The zero-order chi connectivity index (χ0) is 15.2. The third kappa shape index (κ3) is 5.58. The van der Waals surface area contributed by atoms with Crippen LogP contribution in [0, 0.1) is 0 Å². The van der Waals surface area contributed by atoms with Gasteiger partial charge in [-0.2, -0.15) is 13.2 Å². The maximum atomic E-state index is 11.9. The predicted octanol–water partition coefficient (Wildman–Crippen LogP) is 4.11. The van der Waals surface area contributed by atoms with E-state index >= 15 is 0 Å². The summed E-state index contributed by atoms with van der Waals surface area (Å²) < 4.78 is 50.6.